The van der Waals surface area contributed by atoms with E-state index in [-0.39, 0.29) is 47.6 Å². The van der Waals surface area contributed by atoms with Gasteiger partial charge in [0.15, 0.2) is 15.8 Å². The number of benzene rings is 1. The Morgan fingerprint density at radius 1 is 1.39 bits per heavy atom. The Morgan fingerprint density at radius 3 is 2.61 bits per heavy atom. The normalized spacial score (nSPS) is 21.3. The zero-order valence-electron chi connectivity index (χ0n) is 13.4. The fourth-order valence-corrected chi connectivity index (χ4v) is 4.16. The van der Waals surface area contributed by atoms with E-state index in [0.717, 1.165) is 5.56 Å². The summed E-state index contributed by atoms with van der Waals surface area (Å²) >= 11 is 0. The molecular weight excluding hydrogens is 429 g/mol. The van der Waals surface area contributed by atoms with Gasteiger partial charge in [-0.3, -0.25) is 4.99 Å². The molecule has 0 radical (unpaired) electrons. The highest BCUT2D eigenvalue weighted by molar-refractivity contribution is 14.0. The first-order valence-electron chi connectivity index (χ1n) is 7.29. The van der Waals surface area contributed by atoms with E-state index >= 15 is 0 Å². The third-order valence-electron chi connectivity index (χ3n) is 3.71. The van der Waals surface area contributed by atoms with Gasteiger partial charge in [0.1, 0.15) is 0 Å². The van der Waals surface area contributed by atoms with Gasteiger partial charge in [0.25, 0.3) is 0 Å². The summed E-state index contributed by atoms with van der Waals surface area (Å²) in [6.45, 7) is 0.555. The van der Waals surface area contributed by atoms with Gasteiger partial charge in [0.05, 0.1) is 17.6 Å². The van der Waals surface area contributed by atoms with Gasteiger partial charge in [-0.2, -0.15) is 0 Å². The van der Waals surface area contributed by atoms with Crippen LogP contribution in [0.2, 0.25) is 0 Å². The van der Waals surface area contributed by atoms with Crippen molar-refractivity contribution in [3.8, 4) is 0 Å². The monoisotopic (exact) mass is 453 g/mol. The number of ether oxygens (including phenoxy) is 1. The van der Waals surface area contributed by atoms with E-state index in [0.29, 0.717) is 18.9 Å². The van der Waals surface area contributed by atoms with Crippen LogP contribution in [0.15, 0.2) is 35.3 Å². The van der Waals surface area contributed by atoms with Crippen LogP contribution in [-0.4, -0.2) is 52.6 Å². The summed E-state index contributed by atoms with van der Waals surface area (Å²) in [5.74, 6) is 1.01. The van der Waals surface area contributed by atoms with E-state index in [9.17, 15) is 8.42 Å². The van der Waals surface area contributed by atoms with Crippen LogP contribution < -0.4 is 10.6 Å². The summed E-state index contributed by atoms with van der Waals surface area (Å²) in [7, 11) is 0.437. The Kier molecular flexibility index (Phi) is 8.27. The zero-order valence-corrected chi connectivity index (χ0v) is 16.5. The second kappa shape index (κ2) is 9.43. The van der Waals surface area contributed by atoms with Crippen molar-refractivity contribution in [2.45, 2.75) is 18.6 Å². The highest BCUT2D eigenvalue weighted by Gasteiger charge is 2.28. The fourth-order valence-electron chi connectivity index (χ4n) is 2.49. The lowest BCUT2D eigenvalue weighted by Crippen LogP contribution is -2.45. The Morgan fingerprint density at radius 2 is 2.09 bits per heavy atom. The number of rotatable bonds is 5. The lowest BCUT2D eigenvalue weighted by molar-refractivity contribution is 0.106. The molecule has 1 saturated heterocycles. The summed E-state index contributed by atoms with van der Waals surface area (Å²) in [5, 5.41) is 6.35. The average molecular weight is 453 g/mol. The van der Waals surface area contributed by atoms with E-state index in [4.69, 9.17) is 4.74 Å². The molecule has 1 fully saturated rings. The molecule has 0 aliphatic carbocycles. The molecule has 2 rings (SSSR count). The molecule has 2 N–H and O–H groups in total. The van der Waals surface area contributed by atoms with Crippen molar-refractivity contribution >= 4 is 39.8 Å². The van der Waals surface area contributed by atoms with Gasteiger partial charge >= 0.3 is 0 Å². The smallest absolute Gasteiger partial charge is 0.191 e. The minimum absolute atomic E-state index is 0. The molecule has 2 atom stereocenters. The van der Waals surface area contributed by atoms with Gasteiger partial charge in [0.2, 0.25) is 0 Å². The number of hydrogen-bond acceptors (Lipinski definition) is 4. The zero-order chi connectivity index (χ0) is 16.0. The van der Waals surface area contributed by atoms with E-state index in [2.05, 4.69) is 15.6 Å². The maximum absolute atomic E-state index is 11.5. The molecule has 23 heavy (non-hydrogen) atoms. The van der Waals surface area contributed by atoms with Crippen LogP contribution in [0.4, 0.5) is 0 Å². The van der Waals surface area contributed by atoms with Crippen molar-refractivity contribution in [1.29, 1.82) is 0 Å². The van der Waals surface area contributed by atoms with Crippen molar-refractivity contribution in [2.75, 3.05) is 32.2 Å². The lowest BCUT2D eigenvalue weighted by Gasteiger charge is -2.20. The molecule has 6 nitrogen and oxygen atoms in total. The van der Waals surface area contributed by atoms with Crippen molar-refractivity contribution in [1.82, 2.24) is 10.6 Å². The van der Waals surface area contributed by atoms with Crippen LogP contribution >= 0.6 is 24.0 Å². The number of nitrogens with one attached hydrogen (secondary N) is 2. The molecule has 1 aromatic rings. The van der Waals surface area contributed by atoms with Crippen molar-refractivity contribution in [3.05, 3.63) is 35.9 Å². The van der Waals surface area contributed by atoms with Gasteiger partial charge in [-0.25, -0.2) is 8.42 Å². The number of nitrogens with zero attached hydrogens (tertiary/aromatic N) is 1. The van der Waals surface area contributed by atoms with Crippen LogP contribution in [0.1, 0.15) is 18.1 Å². The average Bonchev–Trinajstić information content (AvgIpc) is 2.86. The Bertz CT molecular complexity index is 608. The van der Waals surface area contributed by atoms with Gasteiger partial charge < -0.3 is 15.4 Å². The molecule has 0 spiro atoms. The molecule has 1 aliphatic rings. The fraction of sp³-hybridized carbons (Fsp3) is 0.533. The van der Waals surface area contributed by atoms with E-state index < -0.39 is 9.84 Å². The quantitative estimate of drug-likeness (QED) is 0.400. The first kappa shape index (κ1) is 20.2. The topological polar surface area (TPSA) is 79.8 Å². The number of halogens is 1. The predicted octanol–water partition coefficient (Wildman–Crippen LogP) is 1.34. The van der Waals surface area contributed by atoms with E-state index in [1.165, 1.54) is 0 Å². The third-order valence-corrected chi connectivity index (χ3v) is 5.48. The molecule has 130 valence electrons. The maximum atomic E-state index is 11.5. The van der Waals surface area contributed by atoms with E-state index in [1.807, 2.05) is 30.3 Å². The summed E-state index contributed by atoms with van der Waals surface area (Å²) in [4.78, 5) is 4.14. The first-order valence-corrected chi connectivity index (χ1v) is 9.11. The molecule has 1 aliphatic heterocycles. The summed E-state index contributed by atoms with van der Waals surface area (Å²) in [6.07, 6.45) is 0.530. The minimum Gasteiger partial charge on any atom is -0.375 e. The third kappa shape index (κ3) is 6.27. The molecule has 1 heterocycles. The van der Waals surface area contributed by atoms with Crippen LogP contribution in [-0.2, 0) is 14.6 Å². The summed E-state index contributed by atoms with van der Waals surface area (Å²) in [6, 6.07) is 9.85. The molecule has 0 aromatic heterocycles. The van der Waals surface area contributed by atoms with Crippen LogP contribution in [0.3, 0.4) is 0 Å². The van der Waals surface area contributed by atoms with Crippen molar-refractivity contribution in [3.63, 3.8) is 0 Å². The molecule has 0 saturated carbocycles. The van der Waals surface area contributed by atoms with E-state index in [1.54, 1.807) is 14.2 Å². The molecule has 2 unspecified atom stereocenters. The largest absolute Gasteiger partial charge is 0.375 e. The number of methoxy groups -OCH3 is 1. The SMILES string of the molecule is CN=C(NCC(OC)c1ccccc1)NC1CCS(=O)(=O)C1.I. The molecule has 0 bridgehead atoms. The maximum Gasteiger partial charge on any atom is 0.191 e. The summed E-state index contributed by atoms with van der Waals surface area (Å²) < 4.78 is 28.5. The molecule has 1 aromatic carbocycles. The van der Waals surface area contributed by atoms with Crippen molar-refractivity contribution in [2.24, 2.45) is 4.99 Å². The van der Waals surface area contributed by atoms with Crippen molar-refractivity contribution < 1.29 is 13.2 Å². The number of aliphatic imine (C=N–C) groups is 1. The van der Waals surface area contributed by atoms with Crippen LogP contribution in [0, 0.1) is 0 Å². The predicted molar refractivity (Wildman–Crippen MR) is 103 cm³/mol. The Balaban J connectivity index is 0.00000264. The molecule has 8 heteroatoms. The van der Waals surface area contributed by atoms with Crippen LogP contribution in [0.25, 0.3) is 0 Å². The Labute approximate surface area is 155 Å². The van der Waals surface area contributed by atoms with Gasteiger partial charge in [0, 0.05) is 26.7 Å². The van der Waals surface area contributed by atoms with Gasteiger partial charge in [-0.05, 0) is 12.0 Å². The standard InChI is InChI=1S/C15H23N3O3S.HI/c1-16-15(18-13-8-9-22(19,20)11-13)17-10-14(21-2)12-6-4-3-5-7-12;/h3-7,13-14H,8-11H2,1-2H3,(H2,16,17,18);1H. The highest BCUT2D eigenvalue weighted by Crippen LogP contribution is 2.15. The van der Waals surface area contributed by atoms with Gasteiger partial charge in [-0.15, -0.1) is 24.0 Å². The lowest BCUT2D eigenvalue weighted by atomic mass is 10.1. The Hall–Kier alpha value is -0.870. The first-order chi connectivity index (χ1) is 10.5. The summed E-state index contributed by atoms with van der Waals surface area (Å²) in [5.41, 5.74) is 1.08. The van der Waals surface area contributed by atoms with Crippen LogP contribution in [0.5, 0.6) is 0 Å². The number of sulfone groups is 1. The second-order valence-electron chi connectivity index (χ2n) is 5.33. The minimum atomic E-state index is -2.90. The second-order valence-corrected chi connectivity index (χ2v) is 7.56. The van der Waals surface area contributed by atoms with Gasteiger partial charge in [-0.1, -0.05) is 30.3 Å². The number of hydrogen-bond donors (Lipinski definition) is 2. The molecular formula is C15H24IN3O3S. The number of guanidine groups is 1. The molecule has 0 amide bonds. The highest BCUT2D eigenvalue weighted by atomic mass is 127.